The molecule has 0 aliphatic carbocycles. The van der Waals surface area contributed by atoms with Gasteiger partial charge in [-0.3, -0.25) is 0 Å². The molecule has 3 heteroatoms. The quantitative estimate of drug-likeness (QED) is 0.548. The van der Waals surface area contributed by atoms with Crippen LogP contribution in [0.25, 0.3) is 0 Å². The first-order valence-electron chi connectivity index (χ1n) is 11.2. The standard InChI is InChI=1S/C26H43NO2.CH4/c1-17(2)14-26(28,15-18(3)4)22-16-29-23(27-22)19-11-20(24(5,6)7)13-21(12-19)25(8,9)10;/h11-13,17-18,22,28H,14-16H2,1-10H3;1H4/t22-;/m1./s1. The van der Waals surface area contributed by atoms with Crippen LogP contribution in [0.5, 0.6) is 0 Å². The van der Waals surface area contributed by atoms with Gasteiger partial charge >= 0.3 is 0 Å². The largest absolute Gasteiger partial charge is 0.475 e. The summed E-state index contributed by atoms with van der Waals surface area (Å²) in [4.78, 5) is 4.93. The van der Waals surface area contributed by atoms with Gasteiger partial charge in [0.15, 0.2) is 0 Å². The second kappa shape index (κ2) is 9.42. The minimum Gasteiger partial charge on any atom is -0.475 e. The van der Waals surface area contributed by atoms with Gasteiger partial charge in [-0.15, -0.1) is 0 Å². The minimum absolute atomic E-state index is 0. The second-order valence-electron chi connectivity index (χ2n) is 11.9. The van der Waals surface area contributed by atoms with E-state index >= 15 is 0 Å². The van der Waals surface area contributed by atoms with Crippen molar-refractivity contribution >= 4 is 5.90 Å². The lowest BCUT2D eigenvalue weighted by atomic mass is 9.79. The third kappa shape index (κ3) is 6.57. The molecule has 1 aromatic rings. The molecule has 1 atom stereocenters. The van der Waals surface area contributed by atoms with Crippen LogP contribution >= 0.6 is 0 Å². The summed E-state index contributed by atoms with van der Waals surface area (Å²) in [5, 5.41) is 11.5. The zero-order chi connectivity index (χ0) is 22.2. The van der Waals surface area contributed by atoms with Gasteiger partial charge in [-0.25, -0.2) is 4.99 Å². The van der Waals surface area contributed by atoms with Crippen LogP contribution in [0.1, 0.15) is 106 Å². The average molecular weight is 418 g/mol. The Hall–Kier alpha value is -1.35. The van der Waals surface area contributed by atoms with Gasteiger partial charge in [-0.1, -0.05) is 82.7 Å². The molecular formula is C27H47NO2. The van der Waals surface area contributed by atoms with Crippen LogP contribution < -0.4 is 0 Å². The average Bonchev–Trinajstić information content (AvgIpc) is 3.02. The van der Waals surface area contributed by atoms with Gasteiger partial charge in [-0.05, 0) is 58.8 Å². The predicted octanol–water partition coefficient (Wildman–Crippen LogP) is 6.89. The first kappa shape index (κ1) is 26.7. The summed E-state index contributed by atoms with van der Waals surface area (Å²) in [6, 6.07) is 6.52. The number of aliphatic hydroxyl groups is 1. The van der Waals surface area contributed by atoms with Crippen LogP contribution in [0.4, 0.5) is 0 Å². The molecule has 0 unspecified atom stereocenters. The Morgan fingerprint density at radius 3 is 1.70 bits per heavy atom. The lowest BCUT2D eigenvalue weighted by Gasteiger charge is -2.34. The number of rotatable bonds is 6. The number of hydrogen-bond acceptors (Lipinski definition) is 3. The maximum absolute atomic E-state index is 11.5. The van der Waals surface area contributed by atoms with Crippen LogP contribution in [0, 0.1) is 11.8 Å². The summed E-state index contributed by atoms with van der Waals surface area (Å²) >= 11 is 0. The number of hydrogen-bond donors (Lipinski definition) is 1. The number of nitrogens with zero attached hydrogens (tertiary/aromatic N) is 1. The summed E-state index contributed by atoms with van der Waals surface area (Å²) in [6.45, 7) is 22.5. The molecule has 172 valence electrons. The molecule has 1 aliphatic heterocycles. The first-order valence-corrected chi connectivity index (χ1v) is 11.2. The molecule has 2 rings (SSSR count). The zero-order valence-corrected chi connectivity index (χ0v) is 20.4. The van der Waals surface area contributed by atoms with Crippen LogP contribution in [0.2, 0.25) is 0 Å². The van der Waals surface area contributed by atoms with Crippen LogP contribution in [0.15, 0.2) is 23.2 Å². The van der Waals surface area contributed by atoms with E-state index in [4.69, 9.17) is 9.73 Å². The Morgan fingerprint density at radius 2 is 1.33 bits per heavy atom. The molecule has 0 radical (unpaired) electrons. The minimum atomic E-state index is -0.821. The van der Waals surface area contributed by atoms with E-state index in [1.54, 1.807) is 0 Å². The summed E-state index contributed by atoms with van der Waals surface area (Å²) in [5.41, 5.74) is 2.87. The topological polar surface area (TPSA) is 41.8 Å². The monoisotopic (exact) mass is 417 g/mol. The van der Waals surface area contributed by atoms with Crippen molar-refractivity contribution < 1.29 is 9.84 Å². The van der Waals surface area contributed by atoms with E-state index in [0.717, 1.165) is 18.4 Å². The van der Waals surface area contributed by atoms with Gasteiger partial charge in [0, 0.05) is 5.56 Å². The molecule has 1 N–H and O–H groups in total. The van der Waals surface area contributed by atoms with E-state index in [0.29, 0.717) is 24.3 Å². The van der Waals surface area contributed by atoms with Gasteiger partial charge in [0.25, 0.3) is 0 Å². The molecule has 1 aromatic carbocycles. The fourth-order valence-electron chi connectivity index (χ4n) is 4.19. The summed E-state index contributed by atoms with van der Waals surface area (Å²) < 4.78 is 6.09. The van der Waals surface area contributed by atoms with Crippen molar-refractivity contribution in [1.29, 1.82) is 0 Å². The molecule has 1 heterocycles. The Balaban J connectivity index is 0.00000450. The highest BCUT2D eigenvalue weighted by molar-refractivity contribution is 5.95. The molecular weight excluding hydrogens is 370 g/mol. The van der Waals surface area contributed by atoms with Crippen molar-refractivity contribution in [2.45, 2.75) is 112 Å². The zero-order valence-electron chi connectivity index (χ0n) is 20.4. The van der Waals surface area contributed by atoms with Crippen LogP contribution in [-0.4, -0.2) is 29.3 Å². The molecule has 0 amide bonds. The molecule has 30 heavy (non-hydrogen) atoms. The highest BCUT2D eigenvalue weighted by atomic mass is 16.5. The van der Waals surface area contributed by atoms with Gasteiger partial charge in [-0.2, -0.15) is 0 Å². The van der Waals surface area contributed by atoms with Crippen LogP contribution in [0.3, 0.4) is 0 Å². The smallest absolute Gasteiger partial charge is 0.216 e. The van der Waals surface area contributed by atoms with E-state index < -0.39 is 5.60 Å². The number of aliphatic imine (C=N–C) groups is 1. The second-order valence-corrected chi connectivity index (χ2v) is 11.9. The third-order valence-electron chi connectivity index (χ3n) is 5.71. The van der Waals surface area contributed by atoms with Crippen molar-refractivity contribution in [3.8, 4) is 0 Å². The molecule has 1 aliphatic rings. The van der Waals surface area contributed by atoms with E-state index in [1.807, 2.05) is 0 Å². The molecule has 0 bridgehead atoms. The number of benzene rings is 1. The van der Waals surface area contributed by atoms with Gasteiger partial charge in [0.1, 0.15) is 12.6 Å². The molecule has 3 nitrogen and oxygen atoms in total. The Bertz CT molecular complexity index is 690. The number of ether oxygens (including phenoxy) is 1. The van der Waals surface area contributed by atoms with E-state index in [9.17, 15) is 5.11 Å². The van der Waals surface area contributed by atoms with Gasteiger partial charge in [0.2, 0.25) is 5.90 Å². The summed E-state index contributed by atoms with van der Waals surface area (Å²) in [7, 11) is 0. The summed E-state index contributed by atoms with van der Waals surface area (Å²) in [6.07, 6.45) is 1.48. The molecule has 0 saturated heterocycles. The fraction of sp³-hybridized carbons (Fsp3) is 0.741. The molecule has 0 spiro atoms. The van der Waals surface area contributed by atoms with E-state index in [2.05, 4.69) is 87.4 Å². The Labute approximate surface area is 186 Å². The molecule has 0 aromatic heterocycles. The Morgan fingerprint density at radius 1 is 0.900 bits per heavy atom. The third-order valence-corrected chi connectivity index (χ3v) is 5.71. The van der Waals surface area contributed by atoms with Crippen molar-refractivity contribution in [2.75, 3.05) is 6.61 Å². The lowest BCUT2D eigenvalue weighted by Crippen LogP contribution is -2.44. The maximum Gasteiger partial charge on any atom is 0.216 e. The maximum atomic E-state index is 11.5. The van der Waals surface area contributed by atoms with Crippen LogP contribution in [-0.2, 0) is 15.6 Å². The Kier molecular flexibility index (Phi) is 8.38. The molecule has 0 fully saturated rings. The normalized spacial score (nSPS) is 17.8. The van der Waals surface area contributed by atoms with Crippen molar-refractivity contribution in [3.63, 3.8) is 0 Å². The van der Waals surface area contributed by atoms with E-state index in [-0.39, 0.29) is 24.3 Å². The van der Waals surface area contributed by atoms with Gasteiger partial charge in [0.05, 0.1) is 5.60 Å². The SMILES string of the molecule is C.CC(C)CC(O)(CC(C)C)[C@H]1COC(c2cc(C(C)(C)C)cc(C(C)(C)C)c2)=N1. The highest BCUT2D eigenvalue weighted by Crippen LogP contribution is 2.35. The van der Waals surface area contributed by atoms with Crippen molar-refractivity contribution in [1.82, 2.24) is 0 Å². The fourth-order valence-corrected chi connectivity index (χ4v) is 4.19. The van der Waals surface area contributed by atoms with Crippen molar-refractivity contribution in [2.24, 2.45) is 16.8 Å². The lowest BCUT2D eigenvalue weighted by molar-refractivity contribution is -0.0272. The van der Waals surface area contributed by atoms with Crippen molar-refractivity contribution in [3.05, 3.63) is 34.9 Å². The highest BCUT2D eigenvalue weighted by Gasteiger charge is 2.41. The van der Waals surface area contributed by atoms with E-state index in [1.165, 1.54) is 11.1 Å². The van der Waals surface area contributed by atoms with Gasteiger partial charge < -0.3 is 9.84 Å². The first-order chi connectivity index (χ1) is 13.1. The predicted molar refractivity (Wildman–Crippen MR) is 131 cm³/mol. The summed E-state index contributed by atoms with van der Waals surface area (Å²) in [5.74, 6) is 1.50. The molecule has 0 saturated carbocycles.